The Morgan fingerprint density at radius 3 is 2.50 bits per heavy atom. The van der Waals surface area contributed by atoms with Crippen LogP contribution in [0.1, 0.15) is 31.7 Å². The Morgan fingerprint density at radius 1 is 0.909 bits per heavy atom. The zero-order valence-corrected chi connectivity index (χ0v) is 13.0. The number of nitrogens with one attached hydrogen (secondary N) is 1. The van der Waals surface area contributed by atoms with Gasteiger partial charge in [0, 0.05) is 11.1 Å². The lowest BCUT2D eigenvalue weighted by molar-refractivity contribution is 0.718. The molecule has 2 nitrogen and oxygen atoms in total. The number of H-pyrrole nitrogens is 1. The molecule has 0 saturated heterocycles. The van der Waals surface area contributed by atoms with Crippen LogP contribution in [0.5, 0.6) is 0 Å². The van der Waals surface area contributed by atoms with E-state index >= 15 is 0 Å². The number of hydrogen-bond donors (Lipinski definition) is 1. The Labute approximate surface area is 132 Å². The maximum atomic E-state index is 4.54. The fourth-order valence-corrected chi connectivity index (χ4v) is 2.77. The molecule has 1 heterocycles. The largest absolute Gasteiger partial charge is 0.338 e. The van der Waals surface area contributed by atoms with Gasteiger partial charge in [0.25, 0.3) is 0 Å². The molecule has 0 aliphatic heterocycles. The highest BCUT2D eigenvalue weighted by Gasteiger charge is 2.08. The van der Waals surface area contributed by atoms with Gasteiger partial charge >= 0.3 is 0 Å². The number of imidazole rings is 1. The number of benzene rings is 2. The molecule has 0 amide bonds. The second kappa shape index (κ2) is 7.08. The van der Waals surface area contributed by atoms with E-state index in [1.165, 1.54) is 30.4 Å². The highest BCUT2D eigenvalue weighted by atomic mass is 14.9. The van der Waals surface area contributed by atoms with Crippen molar-refractivity contribution < 1.29 is 0 Å². The van der Waals surface area contributed by atoms with Crippen LogP contribution < -0.4 is 0 Å². The third-order valence-corrected chi connectivity index (χ3v) is 3.98. The molecule has 112 valence electrons. The van der Waals surface area contributed by atoms with Crippen molar-refractivity contribution in [3.63, 3.8) is 0 Å². The molecule has 1 N–H and O–H groups in total. The van der Waals surface area contributed by atoms with E-state index in [2.05, 4.69) is 53.3 Å². The fourth-order valence-electron chi connectivity index (χ4n) is 2.77. The summed E-state index contributed by atoms with van der Waals surface area (Å²) in [5.41, 5.74) is 4.90. The molecule has 0 spiro atoms. The van der Waals surface area contributed by atoms with Crippen molar-refractivity contribution in [2.24, 2.45) is 0 Å². The predicted octanol–water partition coefficient (Wildman–Crippen LogP) is 5.48. The van der Waals surface area contributed by atoms with Crippen molar-refractivity contribution in [3.8, 4) is 22.6 Å². The number of hydrogen-bond acceptors (Lipinski definition) is 1. The topological polar surface area (TPSA) is 28.7 Å². The van der Waals surface area contributed by atoms with Gasteiger partial charge in [-0.3, -0.25) is 0 Å². The summed E-state index contributed by atoms with van der Waals surface area (Å²) in [7, 11) is 0. The Kier molecular flexibility index (Phi) is 4.69. The minimum absolute atomic E-state index is 0.930. The molecule has 0 radical (unpaired) electrons. The Hall–Kier alpha value is -2.35. The predicted molar refractivity (Wildman–Crippen MR) is 92.7 cm³/mol. The van der Waals surface area contributed by atoms with Crippen molar-refractivity contribution in [1.82, 2.24) is 9.97 Å². The first-order chi connectivity index (χ1) is 10.9. The van der Waals surface area contributed by atoms with Crippen molar-refractivity contribution in [2.45, 2.75) is 32.6 Å². The van der Waals surface area contributed by atoms with Crippen LogP contribution in [0.2, 0.25) is 0 Å². The quantitative estimate of drug-likeness (QED) is 0.599. The van der Waals surface area contributed by atoms with Gasteiger partial charge in [0.05, 0.1) is 11.9 Å². The second-order valence-electron chi connectivity index (χ2n) is 5.63. The van der Waals surface area contributed by atoms with Gasteiger partial charge in [0.2, 0.25) is 0 Å². The third-order valence-electron chi connectivity index (χ3n) is 3.98. The van der Waals surface area contributed by atoms with Gasteiger partial charge in [-0.1, -0.05) is 74.4 Å². The monoisotopic (exact) mass is 290 g/mol. The van der Waals surface area contributed by atoms with Gasteiger partial charge < -0.3 is 4.98 Å². The van der Waals surface area contributed by atoms with Gasteiger partial charge in [0.1, 0.15) is 5.82 Å². The first kappa shape index (κ1) is 14.6. The van der Waals surface area contributed by atoms with Crippen molar-refractivity contribution in [1.29, 1.82) is 0 Å². The van der Waals surface area contributed by atoms with Crippen LogP contribution >= 0.6 is 0 Å². The molecule has 1 aromatic heterocycles. The summed E-state index contributed by atoms with van der Waals surface area (Å²) in [6, 6.07) is 18.9. The number of aromatic nitrogens is 2. The molecular formula is C20H22N2. The van der Waals surface area contributed by atoms with Crippen LogP contribution in [-0.4, -0.2) is 9.97 Å². The highest BCUT2D eigenvalue weighted by Crippen LogP contribution is 2.26. The number of aryl methyl sites for hydroxylation is 1. The minimum Gasteiger partial charge on any atom is -0.338 e. The molecule has 0 fully saturated rings. The third kappa shape index (κ3) is 3.28. The van der Waals surface area contributed by atoms with Gasteiger partial charge in [-0.15, -0.1) is 0 Å². The van der Waals surface area contributed by atoms with E-state index in [1.807, 2.05) is 24.4 Å². The van der Waals surface area contributed by atoms with E-state index in [9.17, 15) is 0 Å². The Bertz CT molecular complexity index is 713. The van der Waals surface area contributed by atoms with Gasteiger partial charge in [-0.2, -0.15) is 0 Å². The van der Waals surface area contributed by atoms with E-state index in [1.54, 1.807) is 0 Å². The number of nitrogens with zero attached hydrogens (tertiary/aromatic N) is 1. The number of unbranched alkanes of at least 4 members (excludes halogenated alkanes) is 2. The lowest BCUT2D eigenvalue weighted by Crippen LogP contribution is -1.90. The lowest BCUT2D eigenvalue weighted by Gasteiger charge is -2.07. The fraction of sp³-hybridized carbons (Fsp3) is 0.250. The standard InChI is InChI=1S/C20H22N2/c1-2-3-5-10-16-11-8-9-14-18(16)19-15-21-20(22-19)17-12-6-4-7-13-17/h4,6-9,11-15H,2-3,5,10H2,1H3,(H,21,22). The summed E-state index contributed by atoms with van der Waals surface area (Å²) >= 11 is 0. The summed E-state index contributed by atoms with van der Waals surface area (Å²) < 4.78 is 0. The van der Waals surface area contributed by atoms with Gasteiger partial charge in [-0.05, 0) is 18.4 Å². The van der Waals surface area contributed by atoms with E-state index in [-0.39, 0.29) is 0 Å². The zero-order valence-electron chi connectivity index (χ0n) is 13.0. The molecular weight excluding hydrogens is 268 g/mol. The molecule has 0 bridgehead atoms. The second-order valence-corrected chi connectivity index (χ2v) is 5.63. The highest BCUT2D eigenvalue weighted by molar-refractivity contribution is 5.67. The zero-order chi connectivity index (χ0) is 15.2. The van der Waals surface area contributed by atoms with Crippen LogP contribution in [0.3, 0.4) is 0 Å². The summed E-state index contributed by atoms with van der Waals surface area (Å²) in [5.74, 6) is 0.930. The van der Waals surface area contributed by atoms with Crippen molar-refractivity contribution in [2.75, 3.05) is 0 Å². The van der Waals surface area contributed by atoms with E-state index in [0.29, 0.717) is 0 Å². The van der Waals surface area contributed by atoms with Gasteiger partial charge in [0.15, 0.2) is 0 Å². The van der Waals surface area contributed by atoms with E-state index in [0.717, 1.165) is 23.5 Å². The molecule has 0 atom stereocenters. The summed E-state index contributed by atoms with van der Waals surface area (Å²) in [6.45, 7) is 2.24. The smallest absolute Gasteiger partial charge is 0.137 e. The van der Waals surface area contributed by atoms with Crippen LogP contribution in [0.4, 0.5) is 0 Å². The SMILES string of the molecule is CCCCCc1ccccc1-c1cnc(-c2ccccc2)[nH]1. The maximum Gasteiger partial charge on any atom is 0.137 e. The average molecular weight is 290 g/mol. The molecule has 2 aromatic carbocycles. The summed E-state index contributed by atoms with van der Waals surface area (Å²) in [6.07, 6.45) is 6.86. The molecule has 3 rings (SSSR count). The lowest BCUT2D eigenvalue weighted by atomic mass is 10.00. The maximum absolute atomic E-state index is 4.54. The first-order valence-corrected chi connectivity index (χ1v) is 8.07. The van der Waals surface area contributed by atoms with Crippen LogP contribution in [0.25, 0.3) is 22.6 Å². The van der Waals surface area contributed by atoms with Crippen molar-refractivity contribution in [3.05, 3.63) is 66.4 Å². The van der Waals surface area contributed by atoms with Crippen molar-refractivity contribution >= 4 is 0 Å². The molecule has 0 saturated carbocycles. The molecule has 0 aliphatic rings. The number of rotatable bonds is 6. The molecule has 22 heavy (non-hydrogen) atoms. The summed E-state index contributed by atoms with van der Waals surface area (Å²) in [4.78, 5) is 8.01. The number of aromatic amines is 1. The average Bonchev–Trinajstić information content (AvgIpc) is 3.06. The Balaban J connectivity index is 1.87. The van der Waals surface area contributed by atoms with Crippen LogP contribution in [0.15, 0.2) is 60.8 Å². The van der Waals surface area contributed by atoms with Gasteiger partial charge in [-0.25, -0.2) is 4.98 Å². The molecule has 3 aromatic rings. The first-order valence-electron chi connectivity index (χ1n) is 8.07. The summed E-state index contributed by atoms with van der Waals surface area (Å²) in [5, 5.41) is 0. The molecule has 0 aliphatic carbocycles. The van der Waals surface area contributed by atoms with E-state index < -0.39 is 0 Å². The molecule has 0 unspecified atom stereocenters. The Morgan fingerprint density at radius 2 is 1.68 bits per heavy atom. The minimum atomic E-state index is 0.930. The van der Waals surface area contributed by atoms with E-state index in [4.69, 9.17) is 0 Å². The van der Waals surface area contributed by atoms with Crippen LogP contribution in [0, 0.1) is 0 Å². The molecule has 2 heteroatoms. The van der Waals surface area contributed by atoms with Crippen LogP contribution in [-0.2, 0) is 6.42 Å². The normalized spacial score (nSPS) is 10.8.